The second kappa shape index (κ2) is 56.2. The molecule has 3 saturated carbocycles. The van der Waals surface area contributed by atoms with E-state index in [0.29, 0.717) is 216 Å². The number of carbonyl (C=O) groups excluding carboxylic acids is 2. The Hall–Kier alpha value is -11.9. The second-order valence-corrected chi connectivity index (χ2v) is 36.7. The van der Waals surface area contributed by atoms with Crippen molar-refractivity contribution in [2.45, 2.75) is 76.8 Å². The van der Waals surface area contributed by atoms with Crippen LogP contribution in [-0.4, -0.2) is 212 Å². The average Bonchev–Trinajstić information content (AvgIpc) is 1.64. The quantitative estimate of drug-likeness (QED) is 0.00680. The monoisotopic (exact) mass is 1990 g/mol. The number of nitro groups is 1. The minimum atomic E-state index is -3.39. The highest BCUT2D eigenvalue weighted by atomic mass is 32.2. The Labute approximate surface area is 811 Å². The third-order valence-corrected chi connectivity index (χ3v) is 24.6. The lowest BCUT2D eigenvalue weighted by Gasteiger charge is -2.09. The first-order valence-corrected chi connectivity index (χ1v) is 48.8. The fourth-order valence-corrected chi connectivity index (χ4v) is 16.3. The third-order valence-electron chi connectivity index (χ3n) is 19.6. The summed E-state index contributed by atoms with van der Waals surface area (Å²) >= 11 is 5.51. The summed E-state index contributed by atoms with van der Waals surface area (Å²) < 4.78 is 163. The Kier molecular flexibility index (Phi) is 43.4. The maximum Gasteiger partial charge on any atom is 0.272 e. The van der Waals surface area contributed by atoms with Crippen LogP contribution in [0.5, 0.6) is 46.0 Å². The van der Waals surface area contributed by atoms with Gasteiger partial charge < -0.3 is 77.8 Å². The van der Waals surface area contributed by atoms with E-state index in [1.807, 2.05) is 12.3 Å². The Morgan fingerprint density at radius 3 is 1.14 bits per heavy atom. The number of terminal acetylenes is 3. The molecule has 31 nitrogen and oxygen atoms in total. The molecule has 40 heteroatoms. The van der Waals surface area contributed by atoms with E-state index in [1.165, 1.54) is 101 Å². The van der Waals surface area contributed by atoms with Gasteiger partial charge in [-0.2, -0.15) is 8.42 Å². The smallest absolute Gasteiger partial charge is 0.272 e. The molecule has 3 fully saturated rings. The number of pyridine rings is 4. The number of ketones is 2. The van der Waals surface area contributed by atoms with Gasteiger partial charge in [0.05, 0.1) is 216 Å². The molecule has 0 spiro atoms. The fraction of sp³-hybridized carbons (Fsp3) is 0.367. The lowest BCUT2D eigenvalue weighted by atomic mass is 10.0. The predicted octanol–water partition coefficient (Wildman–Crippen LogP) is 17.9. The normalized spacial score (nSPS) is 12.6. The summed E-state index contributed by atoms with van der Waals surface area (Å²) in [6.45, 7) is 9.35. The lowest BCUT2D eigenvalue weighted by Crippen LogP contribution is -2.14. The summed E-state index contributed by atoms with van der Waals surface area (Å²) in [5.74, 6) is 8.86. The van der Waals surface area contributed by atoms with Crippen LogP contribution in [0, 0.1) is 82.3 Å². The molecular formula is C98H104F4N10O21S5. The van der Waals surface area contributed by atoms with Gasteiger partial charge in [-0.15, -0.1) is 69.7 Å². The molecule has 730 valence electrons. The number of thiophene rings is 4. The Balaban J connectivity index is 0.000000170. The van der Waals surface area contributed by atoms with E-state index in [0.717, 1.165) is 77.8 Å². The number of nitrogens with two attached hydrogens (primary N) is 2. The number of nitro benzene ring substituents is 1. The first-order chi connectivity index (χ1) is 66.9. The van der Waals surface area contributed by atoms with Crippen molar-refractivity contribution in [1.29, 1.82) is 0 Å². The average molecular weight is 1990 g/mol. The molecule has 4 aromatic carbocycles. The highest BCUT2D eigenvalue weighted by molar-refractivity contribution is 7.86. The summed E-state index contributed by atoms with van der Waals surface area (Å²) in [5, 5.41) is 19.1. The number of halogens is 4. The number of hydrogen-bond acceptors (Lipinski definition) is 33. The second-order valence-electron chi connectivity index (χ2n) is 30.8. The molecule has 0 unspecified atom stereocenters. The molecule has 3 aliphatic carbocycles. The standard InChI is InChI=1S/C32H39FN4O7S.C21H16FNO2S.C15H7FN2O3S.C15H9FN2OS.C12H26O8S.C3H7N/c1-39-10-11-41-14-15-43-17-16-42-13-12-40-9-8-37-22-28(35-36-37)31-21-27-32(45-31)30(6-7-34-27)44-29-5-4-24(20-26(29)33)19-25(38)18-23-2-3-23;1-2-16-12-18-21(26-16)20(7-8-23-18)25-19-6-5-14(11-17(19)22)10-15(24)9-13-3-4-13;1-2-10-8-12-15(22-10)14(5-6-17-12)21-13-4-3-9(18(19)20)7-11(13)16;1-2-10-8-12-15(20-10)14(5-6-18-12)19-13-4-3-9(17)7-11(13)16;1-15-3-4-16-5-6-17-7-8-18-9-10-19-11-12-20-21(2,13)14;4-3-1-2-3/h4-7,20-23H,2-3,8-19H2,1H3;1,5-8,11-13H,3-4,9-10H2;1,3-8H;1,3-8H,17H2;3-12H2,1-2H3;3H,1-2,4H2. The lowest BCUT2D eigenvalue weighted by molar-refractivity contribution is -0.385. The van der Waals surface area contributed by atoms with Crippen molar-refractivity contribution in [2.75, 3.05) is 152 Å². The molecule has 3 aliphatic rings. The number of rotatable bonds is 49. The molecule has 0 amide bonds. The van der Waals surface area contributed by atoms with Crippen LogP contribution in [0.15, 0.2) is 152 Å². The van der Waals surface area contributed by atoms with Crippen LogP contribution in [0.4, 0.5) is 28.9 Å². The van der Waals surface area contributed by atoms with Crippen LogP contribution < -0.4 is 30.4 Å². The van der Waals surface area contributed by atoms with Crippen LogP contribution in [0.2, 0.25) is 0 Å². The van der Waals surface area contributed by atoms with Gasteiger partial charge in [0.15, 0.2) is 46.3 Å². The number of aromatic nitrogens is 7. The molecule has 9 heterocycles. The van der Waals surface area contributed by atoms with Gasteiger partial charge >= 0.3 is 0 Å². The zero-order chi connectivity index (χ0) is 98.0. The summed E-state index contributed by atoms with van der Waals surface area (Å²) in [6.07, 6.45) is 34.1. The topological polar surface area (TPSA) is 384 Å². The largest absolute Gasteiger partial charge is 0.453 e. The third kappa shape index (κ3) is 36.8. The molecule has 0 aliphatic heterocycles. The summed E-state index contributed by atoms with van der Waals surface area (Å²) in [4.78, 5) is 54.2. The number of anilines is 1. The van der Waals surface area contributed by atoms with Gasteiger partial charge in [0, 0.05) is 113 Å². The predicted molar refractivity (Wildman–Crippen MR) is 519 cm³/mol. The van der Waals surface area contributed by atoms with E-state index >= 15 is 0 Å². The number of ether oxygens (including phenoxy) is 14. The van der Waals surface area contributed by atoms with E-state index in [9.17, 15) is 45.7 Å². The van der Waals surface area contributed by atoms with Crippen molar-refractivity contribution < 1.29 is 111 Å². The van der Waals surface area contributed by atoms with E-state index < -0.39 is 38.3 Å². The fourth-order valence-electron chi connectivity index (χ4n) is 12.3. The van der Waals surface area contributed by atoms with Crippen molar-refractivity contribution in [1.82, 2.24) is 34.9 Å². The number of methoxy groups -OCH3 is 2. The SMILES string of the molecule is C#Cc1cc2nccc(Oc3ccc(CC(=O)CC4CC4)cc3F)c2s1.C#Cc1cc2nccc(Oc3ccc(N)cc3F)c2s1.C#Cc1cc2nccc(Oc3ccc([N+](=O)[O-])cc3F)c2s1.COCCOCCOCCOCCOCCOS(C)(=O)=O.COCCOCCOCCOCCOCCn1cc(-c2cc3nccc(Oc4ccc(CC(=O)CC5CC5)cc4F)c3s2)nn1.NC1CC1. The number of non-ortho nitro benzene ring substituents is 1. The molecule has 16 rings (SSSR count). The maximum atomic E-state index is 14.9. The minimum absolute atomic E-state index is 0.0189. The van der Waals surface area contributed by atoms with Crippen LogP contribution >= 0.6 is 45.3 Å². The van der Waals surface area contributed by atoms with Gasteiger partial charge in [-0.25, -0.2) is 22.2 Å². The van der Waals surface area contributed by atoms with Gasteiger partial charge in [-0.05, 0) is 128 Å². The zero-order valence-corrected chi connectivity index (χ0v) is 80.1. The minimum Gasteiger partial charge on any atom is -0.453 e. The maximum absolute atomic E-state index is 14.9. The number of nitrogen functional groups attached to an aromatic ring is 1. The summed E-state index contributed by atoms with van der Waals surface area (Å²) in [6, 6.07) is 31.4. The number of Topliss-reactive ketones (excluding diaryl/α,β-unsaturated/α-hetero) is 2. The van der Waals surface area contributed by atoms with Gasteiger partial charge in [0.2, 0.25) is 0 Å². The first kappa shape index (κ1) is 107. The summed E-state index contributed by atoms with van der Waals surface area (Å²) in [5.41, 5.74) is 15.6. The molecule has 0 saturated heterocycles. The van der Waals surface area contributed by atoms with Gasteiger partial charge in [-0.3, -0.25) is 43.8 Å². The van der Waals surface area contributed by atoms with Gasteiger partial charge in [-0.1, -0.05) is 35.1 Å². The van der Waals surface area contributed by atoms with Crippen molar-refractivity contribution >= 4 is 119 Å². The number of nitrogens with zero attached hydrogens (tertiary/aromatic N) is 8. The van der Waals surface area contributed by atoms with Gasteiger partial charge in [0.25, 0.3) is 15.8 Å². The number of carbonyl (C=O) groups is 2. The number of benzene rings is 4. The van der Waals surface area contributed by atoms with Crippen LogP contribution in [0.3, 0.4) is 0 Å². The Morgan fingerprint density at radius 2 is 0.797 bits per heavy atom. The van der Waals surface area contributed by atoms with Crippen LogP contribution in [0.25, 0.3) is 51.4 Å². The van der Waals surface area contributed by atoms with E-state index in [4.69, 9.17) is 97.1 Å². The van der Waals surface area contributed by atoms with Crippen molar-refractivity contribution in [2.24, 2.45) is 17.6 Å². The first-order valence-electron chi connectivity index (χ1n) is 43.8. The molecule has 4 N–H and O–H groups in total. The molecular weight excluding hydrogens is 1890 g/mol. The van der Waals surface area contributed by atoms with Gasteiger partial charge in [0.1, 0.15) is 40.3 Å². The van der Waals surface area contributed by atoms with E-state index in [-0.39, 0.29) is 66.3 Å². The van der Waals surface area contributed by atoms with Crippen molar-refractivity contribution in [3.05, 3.63) is 211 Å². The molecule has 9 aromatic heterocycles. The van der Waals surface area contributed by atoms with E-state index in [1.54, 1.807) is 110 Å². The molecule has 0 atom stereocenters. The Morgan fingerprint density at radius 1 is 0.457 bits per heavy atom. The Bertz CT molecular complexity index is 6390. The van der Waals surface area contributed by atoms with Crippen LogP contribution in [-0.2, 0) is 90.6 Å². The van der Waals surface area contributed by atoms with Crippen molar-refractivity contribution in [3.63, 3.8) is 0 Å². The zero-order valence-electron chi connectivity index (χ0n) is 76.0. The molecule has 0 radical (unpaired) electrons. The molecule has 13 aromatic rings. The number of fused-ring (bicyclic) bond motifs is 4. The highest BCUT2D eigenvalue weighted by Crippen LogP contribution is 2.43. The van der Waals surface area contributed by atoms with Crippen molar-refractivity contribution in [3.8, 4) is 93.6 Å². The molecule has 0 bridgehead atoms. The summed E-state index contributed by atoms with van der Waals surface area (Å²) in [7, 11) is -0.123. The van der Waals surface area contributed by atoms with Crippen LogP contribution in [0.1, 0.15) is 77.1 Å². The molecule has 138 heavy (non-hydrogen) atoms. The highest BCUT2D eigenvalue weighted by Gasteiger charge is 2.27. The number of hydrogen-bond donors (Lipinski definition) is 2. The van der Waals surface area contributed by atoms with E-state index in [2.05, 4.69) is 52.2 Å².